The molecule has 0 aliphatic heterocycles. The highest BCUT2D eigenvalue weighted by Crippen LogP contribution is 2.36. The summed E-state index contributed by atoms with van der Waals surface area (Å²) in [7, 11) is 1.65. The largest absolute Gasteiger partial charge is 0.497 e. The van der Waals surface area contributed by atoms with Crippen LogP contribution in [-0.4, -0.2) is 16.7 Å². The van der Waals surface area contributed by atoms with Gasteiger partial charge in [-0.3, -0.25) is 9.36 Å². The molecule has 0 bridgehead atoms. The third-order valence-electron chi connectivity index (χ3n) is 5.69. The maximum Gasteiger partial charge on any atom is 0.262 e. The predicted octanol–water partition coefficient (Wildman–Crippen LogP) is 4.49. The molecule has 5 nitrogen and oxygen atoms in total. The Morgan fingerprint density at radius 2 is 2.14 bits per heavy atom. The molecule has 29 heavy (non-hydrogen) atoms. The van der Waals surface area contributed by atoms with Crippen LogP contribution >= 0.6 is 11.3 Å². The standard InChI is InChI=1S/C23H25N3O2S/c1-15-5-10-18-19(13-15)29-22-21(18)23(27)26(12-4-3-11-24)20(25-22)14-16-6-8-17(28-2)9-7-16/h6-9,15H,3-5,10,12-14H2,1-2H3. The molecule has 0 radical (unpaired) electrons. The minimum absolute atomic E-state index is 0.0588. The van der Waals surface area contributed by atoms with Gasteiger partial charge in [0.2, 0.25) is 0 Å². The van der Waals surface area contributed by atoms with Crippen molar-refractivity contribution in [2.24, 2.45) is 5.92 Å². The average Bonchev–Trinajstić information content (AvgIpc) is 3.08. The molecule has 0 spiro atoms. The number of unbranched alkanes of at least 4 members (excludes halogenated alkanes) is 1. The quantitative estimate of drug-likeness (QED) is 0.565. The topological polar surface area (TPSA) is 67.9 Å². The first-order chi connectivity index (χ1) is 14.1. The number of methoxy groups -OCH3 is 1. The van der Waals surface area contributed by atoms with Crippen molar-refractivity contribution in [3.8, 4) is 11.8 Å². The second kappa shape index (κ2) is 8.38. The summed E-state index contributed by atoms with van der Waals surface area (Å²) < 4.78 is 7.04. The molecule has 1 atom stereocenters. The second-order valence-electron chi connectivity index (χ2n) is 7.80. The van der Waals surface area contributed by atoms with Crippen LogP contribution < -0.4 is 10.3 Å². The molecule has 6 heteroatoms. The van der Waals surface area contributed by atoms with E-state index in [1.165, 1.54) is 10.4 Å². The molecule has 1 aliphatic rings. The van der Waals surface area contributed by atoms with Crippen molar-refractivity contribution in [1.82, 2.24) is 9.55 Å². The van der Waals surface area contributed by atoms with Crippen molar-refractivity contribution >= 4 is 21.6 Å². The van der Waals surface area contributed by atoms with Gasteiger partial charge in [0.25, 0.3) is 5.56 Å². The zero-order valence-corrected chi connectivity index (χ0v) is 17.7. The summed E-state index contributed by atoms with van der Waals surface area (Å²) in [5.41, 5.74) is 2.36. The van der Waals surface area contributed by atoms with Gasteiger partial charge in [0.15, 0.2) is 0 Å². The van der Waals surface area contributed by atoms with Crippen LogP contribution in [0.5, 0.6) is 5.75 Å². The number of hydrogen-bond donors (Lipinski definition) is 0. The Morgan fingerprint density at radius 3 is 2.86 bits per heavy atom. The summed E-state index contributed by atoms with van der Waals surface area (Å²) in [5.74, 6) is 2.24. The average molecular weight is 408 g/mol. The first-order valence-corrected chi connectivity index (χ1v) is 11.0. The highest BCUT2D eigenvalue weighted by atomic mass is 32.1. The number of benzene rings is 1. The number of rotatable bonds is 6. The summed E-state index contributed by atoms with van der Waals surface area (Å²) in [6.45, 7) is 2.80. The maximum atomic E-state index is 13.5. The Hall–Kier alpha value is -2.65. The zero-order chi connectivity index (χ0) is 20.4. The van der Waals surface area contributed by atoms with Gasteiger partial charge < -0.3 is 4.74 Å². The van der Waals surface area contributed by atoms with Crippen molar-refractivity contribution < 1.29 is 4.74 Å². The minimum atomic E-state index is 0.0588. The van der Waals surface area contributed by atoms with E-state index in [1.54, 1.807) is 23.0 Å². The van der Waals surface area contributed by atoms with E-state index < -0.39 is 0 Å². The van der Waals surface area contributed by atoms with Gasteiger partial charge in [-0.25, -0.2) is 4.98 Å². The number of nitriles is 1. The van der Waals surface area contributed by atoms with Gasteiger partial charge in [0, 0.05) is 24.3 Å². The van der Waals surface area contributed by atoms with Crippen LogP contribution in [0.15, 0.2) is 29.1 Å². The molecular formula is C23H25N3O2S. The molecule has 1 aromatic carbocycles. The highest BCUT2D eigenvalue weighted by molar-refractivity contribution is 7.18. The molecule has 1 unspecified atom stereocenters. The Balaban J connectivity index is 1.79. The molecule has 0 saturated heterocycles. The van der Waals surface area contributed by atoms with E-state index in [9.17, 15) is 4.79 Å². The van der Waals surface area contributed by atoms with Crippen LogP contribution in [0.2, 0.25) is 0 Å². The number of aryl methyl sites for hydroxylation is 1. The van der Waals surface area contributed by atoms with Crippen LogP contribution in [0.4, 0.5) is 0 Å². The molecule has 150 valence electrons. The Morgan fingerprint density at radius 1 is 1.34 bits per heavy atom. The van der Waals surface area contributed by atoms with Crippen molar-refractivity contribution in [1.29, 1.82) is 5.26 Å². The van der Waals surface area contributed by atoms with Gasteiger partial charge in [-0.1, -0.05) is 19.1 Å². The molecule has 4 rings (SSSR count). The lowest BCUT2D eigenvalue weighted by Gasteiger charge is -2.18. The zero-order valence-electron chi connectivity index (χ0n) is 16.9. The summed E-state index contributed by atoms with van der Waals surface area (Å²) >= 11 is 1.69. The summed E-state index contributed by atoms with van der Waals surface area (Å²) in [4.78, 5) is 20.6. The van der Waals surface area contributed by atoms with E-state index in [1.807, 2.05) is 24.3 Å². The third-order valence-corrected chi connectivity index (χ3v) is 6.83. The maximum absolute atomic E-state index is 13.5. The van der Waals surface area contributed by atoms with E-state index in [4.69, 9.17) is 15.0 Å². The normalized spacial score (nSPS) is 15.8. The van der Waals surface area contributed by atoms with Gasteiger partial charge in [0.05, 0.1) is 18.6 Å². The molecule has 0 N–H and O–H groups in total. The lowest BCUT2D eigenvalue weighted by molar-refractivity contribution is 0.414. The SMILES string of the molecule is COc1ccc(Cc2nc3sc4c(c3c(=O)n2CCCC#N)CCC(C)C4)cc1. The van der Waals surface area contributed by atoms with Crippen LogP contribution in [0.1, 0.15) is 48.0 Å². The number of hydrogen-bond acceptors (Lipinski definition) is 5. The number of aromatic nitrogens is 2. The van der Waals surface area contributed by atoms with Gasteiger partial charge in [0.1, 0.15) is 16.4 Å². The monoisotopic (exact) mass is 407 g/mol. The number of ether oxygens (including phenoxy) is 1. The predicted molar refractivity (Wildman–Crippen MR) is 116 cm³/mol. The lowest BCUT2D eigenvalue weighted by Crippen LogP contribution is -2.26. The summed E-state index contributed by atoms with van der Waals surface area (Å²) in [6.07, 6.45) is 4.80. The minimum Gasteiger partial charge on any atom is -0.497 e. The Labute approximate surface area is 174 Å². The van der Waals surface area contributed by atoms with Crippen LogP contribution in [0.25, 0.3) is 10.2 Å². The molecule has 1 aliphatic carbocycles. The van der Waals surface area contributed by atoms with Crippen molar-refractivity contribution in [3.05, 3.63) is 56.4 Å². The number of nitrogens with zero attached hydrogens (tertiary/aromatic N) is 3. The van der Waals surface area contributed by atoms with Crippen LogP contribution in [-0.2, 0) is 25.8 Å². The molecule has 2 heterocycles. The first kappa shape index (κ1) is 19.7. The van der Waals surface area contributed by atoms with Crippen LogP contribution in [0.3, 0.4) is 0 Å². The van der Waals surface area contributed by atoms with E-state index in [2.05, 4.69) is 13.0 Å². The van der Waals surface area contributed by atoms with Gasteiger partial charge in [-0.2, -0.15) is 5.26 Å². The third kappa shape index (κ3) is 3.92. The van der Waals surface area contributed by atoms with Gasteiger partial charge >= 0.3 is 0 Å². The molecule has 2 aromatic heterocycles. The fourth-order valence-corrected chi connectivity index (χ4v) is 5.47. The van der Waals surface area contributed by atoms with E-state index in [-0.39, 0.29) is 5.56 Å². The van der Waals surface area contributed by atoms with Crippen molar-refractivity contribution in [3.63, 3.8) is 0 Å². The van der Waals surface area contributed by atoms with Gasteiger partial charge in [-0.05, 0) is 54.9 Å². The molecule has 0 fully saturated rings. The Kier molecular flexibility index (Phi) is 5.68. The highest BCUT2D eigenvalue weighted by Gasteiger charge is 2.24. The molecule has 3 aromatic rings. The van der Waals surface area contributed by atoms with E-state index in [0.29, 0.717) is 31.7 Å². The van der Waals surface area contributed by atoms with Crippen molar-refractivity contribution in [2.45, 2.75) is 52.0 Å². The molecule has 0 saturated carbocycles. The van der Waals surface area contributed by atoms with E-state index >= 15 is 0 Å². The number of thiophene rings is 1. The fraction of sp³-hybridized carbons (Fsp3) is 0.435. The fourth-order valence-electron chi connectivity index (χ4n) is 4.07. The Bertz CT molecular complexity index is 1120. The second-order valence-corrected chi connectivity index (χ2v) is 8.89. The lowest BCUT2D eigenvalue weighted by atomic mass is 9.89. The summed E-state index contributed by atoms with van der Waals surface area (Å²) in [5, 5.41) is 9.74. The molecule has 0 amide bonds. The summed E-state index contributed by atoms with van der Waals surface area (Å²) in [6, 6.07) is 10.1. The van der Waals surface area contributed by atoms with Crippen molar-refractivity contribution in [2.75, 3.05) is 7.11 Å². The number of fused-ring (bicyclic) bond motifs is 3. The van der Waals surface area contributed by atoms with Crippen LogP contribution in [0, 0.1) is 17.2 Å². The first-order valence-electron chi connectivity index (χ1n) is 10.1. The smallest absolute Gasteiger partial charge is 0.262 e. The van der Waals surface area contributed by atoms with Gasteiger partial charge in [-0.15, -0.1) is 11.3 Å². The molecular weight excluding hydrogens is 382 g/mol. The van der Waals surface area contributed by atoms with E-state index in [0.717, 1.165) is 46.6 Å².